The van der Waals surface area contributed by atoms with Crippen molar-refractivity contribution in [3.63, 3.8) is 0 Å². The van der Waals surface area contributed by atoms with Gasteiger partial charge in [-0.3, -0.25) is 4.79 Å². The molecular weight excluding hydrogens is 258 g/mol. The van der Waals surface area contributed by atoms with Crippen molar-refractivity contribution in [3.8, 4) is 5.75 Å². The van der Waals surface area contributed by atoms with Crippen molar-refractivity contribution in [2.24, 2.45) is 0 Å². The summed E-state index contributed by atoms with van der Waals surface area (Å²) in [6.07, 6.45) is 1.67. The average Bonchev–Trinajstić information content (AvgIpc) is 3.07. The summed E-state index contributed by atoms with van der Waals surface area (Å²) in [6.45, 7) is 2.53. The Morgan fingerprint density at radius 3 is 3.00 bits per heavy atom. The molecule has 1 saturated heterocycles. The van der Waals surface area contributed by atoms with Crippen LogP contribution in [0.1, 0.15) is 23.7 Å². The highest BCUT2D eigenvalue weighted by molar-refractivity contribution is 5.97. The van der Waals surface area contributed by atoms with Crippen molar-refractivity contribution in [1.29, 1.82) is 0 Å². The van der Waals surface area contributed by atoms with Gasteiger partial charge in [-0.15, -0.1) is 0 Å². The molecule has 0 radical (unpaired) electrons. The minimum Gasteiger partial charge on any atom is -0.495 e. The Balaban J connectivity index is 1.91. The van der Waals surface area contributed by atoms with Crippen LogP contribution in [0.25, 0.3) is 0 Å². The van der Waals surface area contributed by atoms with E-state index in [1.807, 2.05) is 25.1 Å². The van der Waals surface area contributed by atoms with Gasteiger partial charge in [-0.1, -0.05) is 11.2 Å². The Kier molecular flexibility index (Phi) is 3.14. The van der Waals surface area contributed by atoms with E-state index in [0.29, 0.717) is 24.5 Å². The monoisotopic (exact) mass is 273 g/mol. The Morgan fingerprint density at radius 1 is 1.45 bits per heavy atom. The molecule has 2 aromatic rings. The zero-order chi connectivity index (χ0) is 14.1. The Morgan fingerprint density at radius 2 is 2.30 bits per heavy atom. The van der Waals surface area contributed by atoms with Crippen LogP contribution in [-0.2, 0) is 4.79 Å². The van der Waals surface area contributed by atoms with E-state index in [9.17, 15) is 4.79 Å². The van der Waals surface area contributed by atoms with Crippen LogP contribution in [0, 0.1) is 6.92 Å². The van der Waals surface area contributed by atoms with E-state index in [2.05, 4.69) is 10.1 Å². The van der Waals surface area contributed by atoms with Crippen molar-refractivity contribution in [2.45, 2.75) is 19.3 Å². The van der Waals surface area contributed by atoms with Crippen LogP contribution in [0.3, 0.4) is 0 Å². The topological polar surface area (TPSA) is 68.5 Å². The molecule has 6 nitrogen and oxygen atoms in total. The van der Waals surface area contributed by atoms with Gasteiger partial charge in [-0.2, -0.15) is 4.98 Å². The van der Waals surface area contributed by atoms with E-state index in [0.717, 1.165) is 11.3 Å². The number of ether oxygens (including phenoxy) is 1. The summed E-state index contributed by atoms with van der Waals surface area (Å²) < 4.78 is 10.1. The summed E-state index contributed by atoms with van der Waals surface area (Å²) in [5.74, 6) is 1.28. The van der Waals surface area contributed by atoms with Crippen molar-refractivity contribution < 1.29 is 14.1 Å². The third kappa shape index (κ3) is 2.13. The minimum atomic E-state index is -0.0357. The van der Waals surface area contributed by atoms with Crippen molar-refractivity contribution in [2.75, 3.05) is 18.6 Å². The van der Waals surface area contributed by atoms with Crippen LogP contribution in [0.4, 0.5) is 5.69 Å². The normalized spacial score (nSPS) is 18.6. The first-order valence-electron chi connectivity index (χ1n) is 6.40. The summed E-state index contributed by atoms with van der Waals surface area (Å²) in [7, 11) is 1.60. The van der Waals surface area contributed by atoms with Crippen molar-refractivity contribution >= 4 is 11.6 Å². The third-order valence-electron chi connectivity index (χ3n) is 3.49. The maximum Gasteiger partial charge on any atom is 0.227 e. The number of carbonyl (C=O) groups is 1. The fourth-order valence-electron chi connectivity index (χ4n) is 2.48. The van der Waals surface area contributed by atoms with Crippen LogP contribution in [-0.4, -0.2) is 29.7 Å². The lowest BCUT2D eigenvalue weighted by Gasteiger charge is -2.19. The first kappa shape index (κ1) is 12.7. The maximum atomic E-state index is 12.2. The van der Waals surface area contributed by atoms with Gasteiger partial charge in [-0.05, 0) is 24.6 Å². The van der Waals surface area contributed by atoms with Crippen LogP contribution >= 0.6 is 0 Å². The van der Waals surface area contributed by atoms with Crippen molar-refractivity contribution in [3.05, 3.63) is 36.0 Å². The lowest BCUT2D eigenvalue weighted by Crippen LogP contribution is -2.25. The molecule has 6 heteroatoms. The number of hydrogen-bond donors (Lipinski definition) is 0. The van der Waals surface area contributed by atoms with Crippen LogP contribution in [0.5, 0.6) is 5.75 Å². The predicted octanol–water partition coefficient (Wildman–Crippen LogP) is 1.91. The highest BCUT2D eigenvalue weighted by Crippen LogP contribution is 2.36. The predicted molar refractivity (Wildman–Crippen MR) is 71.7 cm³/mol. The van der Waals surface area contributed by atoms with Crippen LogP contribution < -0.4 is 9.64 Å². The number of methoxy groups -OCH3 is 1. The molecule has 1 aromatic carbocycles. The molecule has 1 fully saturated rings. The molecule has 0 spiro atoms. The second-order valence-electron chi connectivity index (χ2n) is 4.87. The van der Waals surface area contributed by atoms with Gasteiger partial charge in [0.15, 0.2) is 5.82 Å². The summed E-state index contributed by atoms with van der Waals surface area (Å²) in [5.41, 5.74) is 1.88. The van der Waals surface area contributed by atoms with Gasteiger partial charge in [0.05, 0.1) is 12.8 Å². The van der Waals surface area contributed by atoms with Gasteiger partial charge in [0.25, 0.3) is 0 Å². The molecule has 0 N–H and O–H groups in total. The zero-order valence-electron chi connectivity index (χ0n) is 11.4. The van der Waals surface area contributed by atoms with Crippen molar-refractivity contribution in [1.82, 2.24) is 10.1 Å². The number of carbonyl (C=O) groups excluding carboxylic acids is 1. The van der Waals surface area contributed by atoms with Gasteiger partial charge in [0, 0.05) is 18.9 Å². The number of nitrogens with zero attached hydrogens (tertiary/aromatic N) is 3. The molecular formula is C14H15N3O3. The molecule has 0 aliphatic carbocycles. The molecule has 1 aromatic heterocycles. The number of hydrogen-bond acceptors (Lipinski definition) is 5. The molecule has 1 amide bonds. The second-order valence-corrected chi connectivity index (χ2v) is 4.87. The summed E-state index contributed by atoms with van der Waals surface area (Å²) in [5, 5.41) is 3.82. The summed E-state index contributed by atoms with van der Waals surface area (Å²) in [6, 6.07) is 5.79. The molecule has 1 aliphatic heterocycles. The van der Waals surface area contributed by atoms with E-state index in [-0.39, 0.29) is 11.8 Å². The number of aryl methyl sites for hydroxylation is 1. The number of anilines is 1. The number of amides is 1. The fourth-order valence-corrected chi connectivity index (χ4v) is 2.48. The SMILES string of the molecule is COc1ccc(C)cc1N1CC(c2ncon2)CC1=O. The summed E-state index contributed by atoms with van der Waals surface area (Å²) >= 11 is 0. The molecule has 0 saturated carbocycles. The molecule has 2 heterocycles. The molecule has 1 aliphatic rings. The van der Waals surface area contributed by atoms with Crippen LogP contribution in [0.2, 0.25) is 0 Å². The maximum absolute atomic E-state index is 12.2. The fraction of sp³-hybridized carbons (Fsp3) is 0.357. The smallest absolute Gasteiger partial charge is 0.227 e. The Hall–Kier alpha value is -2.37. The number of rotatable bonds is 3. The Bertz CT molecular complexity index is 625. The van der Waals surface area contributed by atoms with E-state index >= 15 is 0 Å². The van der Waals surface area contributed by atoms with Gasteiger partial charge in [0.1, 0.15) is 5.75 Å². The quantitative estimate of drug-likeness (QED) is 0.854. The molecule has 1 atom stereocenters. The van der Waals surface area contributed by atoms with Gasteiger partial charge < -0.3 is 14.2 Å². The van der Waals surface area contributed by atoms with E-state index in [1.165, 1.54) is 6.39 Å². The third-order valence-corrected chi connectivity index (χ3v) is 3.49. The first-order valence-corrected chi connectivity index (χ1v) is 6.40. The van der Waals surface area contributed by atoms with E-state index < -0.39 is 0 Å². The van der Waals surface area contributed by atoms with Gasteiger partial charge in [-0.25, -0.2) is 0 Å². The molecule has 1 unspecified atom stereocenters. The highest BCUT2D eigenvalue weighted by Gasteiger charge is 2.35. The lowest BCUT2D eigenvalue weighted by molar-refractivity contribution is -0.117. The molecule has 20 heavy (non-hydrogen) atoms. The second kappa shape index (κ2) is 4.96. The molecule has 3 rings (SSSR count). The Labute approximate surface area is 116 Å². The number of benzene rings is 1. The van der Waals surface area contributed by atoms with Crippen LogP contribution in [0.15, 0.2) is 29.1 Å². The van der Waals surface area contributed by atoms with Gasteiger partial charge >= 0.3 is 0 Å². The minimum absolute atomic E-state index is 0.0357. The summed E-state index contributed by atoms with van der Waals surface area (Å²) in [4.78, 5) is 18.0. The van der Waals surface area contributed by atoms with Gasteiger partial charge in [0.2, 0.25) is 12.3 Å². The molecule has 0 bridgehead atoms. The largest absolute Gasteiger partial charge is 0.495 e. The average molecular weight is 273 g/mol. The lowest BCUT2D eigenvalue weighted by atomic mass is 10.1. The van der Waals surface area contributed by atoms with E-state index in [1.54, 1.807) is 12.0 Å². The first-order chi connectivity index (χ1) is 9.69. The number of aromatic nitrogens is 2. The van der Waals surface area contributed by atoms with E-state index in [4.69, 9.17) is 9.26 Å². The molecule has 104 valence electrons. The highest BCUT2D eigenvalue weighted by atomic mass is 16.5. The standard InChI is InChI=1S/C14H15N3O3/c1-9-3-4-12(19-2)11(5-9)17-7-10(6-13(17)18)14-15-8-20-16-14/h3-5,8,10H,6-7H2,1-2H3. The zero-order valence-corrected chi connectivity index (χ0v) is 11.4.